The second-order valence-corrected chi connectivity index (χ2v) is 4.92. The van der Waals surface area contributed by atoms with Crippen LogP contribution in [0, 0.1) is 6.92 Å². The average Bonchev–Trinajstić information content (AvgIpc) is 2.87. The molecule has 5 heteroatoms. The van der Waals surface area contributed by atoms with Crippen LogP contribution in [-0.4, -0.2) is 26.3 Å². The minimum Gasteiger partial charge on any atom is -0.309 e. The van der Waals surface area contributed by atoms with Crippen LogP contribution < -0.4 is 5.32 Å². The molecule has 0 aliphatic heterocycles. The van der Waals surface area contributed by atoms with Gasteiger partial charge in [-0.25, -0.2) is 4.98 Å². The molecule has 0 aliphatic carbocycles. The molecule has 0 saturated heterocycles. The summed E-state index contributed by atoms with van der Waals surface area (Å²) in [7, 11) is 0. The van der Waals surface area contributed by atoms with Crippen molar-refractivity contribution in [2.24, 2.45) is 0 Å². The molecule has 0 amide bonds. The molecular formula is C15H23N5. The van der Waals surface area contributed by atoms with E-state index in [1.165, 1.54) is 5.56 Å². The largest absolute Gasteiger partial charge is 0.309 e. The highest BCUT2D eigenvalue weighted by molar-refractivity contribution is 5.22. The molecule has 0 radical (unpaired) electrons. The minimum absolute atomic E-state index is 0.181. The van der Waals surface area contributed by atoms with E-state index in [4.69, 9.17) is 0 Å². The van der Waals surface area contributed by atoms with E-state index in [0.717, 1.165) is 37.4 Å². The number of pyridine rings is 1. The Morgan fingerprint density at radius 3 is 2.85 bits per heavy atom. The SMILES string of the molecule is CCCn1ncnc1CC(NCC)c1ncccc1C. The third-order valence-electron chi connectivity index (χ3n) is 3.35. The summed E-state index contributed by atoms with van der Waals surface area (Å²) in [6.07, 6.45) is 5.36. The highest BCUT2D eigenvalue weighted by Crippen LogP contribution is 2.18. The molecule has 0 aromatic carbocycles. The van der Waals surface area contributed by atoms with Crippen molar-refractivity contribution in [1.29, 1.82) is 0 Å². The molecular weight excluding hydrogens is 250 g/mol. The lowest BCUT2D eigenvalue weighted by molar-refractivity contribution is 0.489. The number of nitrogens with one attached hydrogen (secondary N) is 1. The first kappa shape index (κ1) is 14.7. The van der Waals surface area contributed by atoms with E-state index in [-0.39, 0.29) is 6.04 Å². The Kier molecular flexibility index (Phi) is 5.24. The molecule has 0 fully saturated rings. The van der Waals surface area contributed by atoms with Gasteiger partial charge in [0.05, 0.1) is 11.7 Å². The molecule has 0 saturated carbocycles. The number of rotatable bonds is 7. The fraction of sp³-hybridized carbons (Fsp3) is 0.533. The summed E-state index contributed by atoms with van der Waals surface area (Å²) in [6.45, 7) is 8.18. The van der Waals surface area contributed by atoms with E-state index >= 15 is 0 Å². The summed E-state index contributed by atoms with van der Waals surface area (Å²) in [5, 5.41) is 7.80. The Bertz CT molecular complexity index is 535. The molecule has 0 spiro atoms. The van der Waals surface area contributed by atoms with Crippen LogP contribution in [0.1, 0.15) is 43.4 Å². The van der Waals surface area contributed by atoms with Crippen molar-refractivity contribution in [3.63, 3.8) is 0 Å². The number of likely N-dealkylation sites (N-methyl/N-ethyl adjacent to an activating group) is 1. The van der Waals surface area contributed by atoms with Crippen LogP contribution in [0.4, 0.5) is 0 Å². The molecule has 2 heterocycles. The van der Waals surface area contributed by atoms with Gasteiger partial charge < -0.3 is 5.32 Å². The van der Waals surface area contributed by atoms with Gasteiger partial charge in [-0.05, 0) is 31.5 Å². The molecule has 1 N–H and O–H groups in total. The van der Waals surface area contributed by atoms with Gasteiger partial charge in [0.25, 0.3) is 0 Å². The predicted octanol–water partition coefficient (Wildman–Crippen LogP) is 2.28. The Labute approximate surface area is 120 Å². The Morgan fingerprint density at radius 1 is 1.30 bits per heavy atom. The van der Waals surface area contributed by atoms with Crippen molar-refractivity contribution in [3.8, 4) is 0 Å². The zero-order valence-corrected chi connectivity index (χ0v) is 12.5. The van der Waals surface area contributed by atoms with Crippen molar-refractivity contribution in [1.82, 2.24) is 25.1 Å². The maximum absolute atomic E-state index is 4.53. The average molecular weight is 273 g/mol. The Hall–Kier alpha value is -1.75. The zero-order valence-electron chi connectivity index (χ0n) is 12.5. The first-order chi connectivity index (χ1) is 9.76. The summed E-state index contributed by atoms with van der Waals surface area (Å²) < 4.78 is 1.99. The first-order valence-electron chi connectivity index (χ1n) is 7.27. The number of aryl methyl sites for hydroxylation is 2. The van der Waals surface area contributed by atoms with Crippen molar-refractivity contribution >= 4 is 0 Å². The molecule has 2 aromatic rings. The molecule has 2 rings (SSSR count). The van der Waals surface area contributed by atoms with Crippen LogP contribution in [0.15, 0.2) is 24.7 Å². The van der Waals surface area contributed by atoms with Gasteiger partial charge in [-0.15, -0.1) is 0 Å². The number of nitrogens with zero attached hydrogens (tertiary/aromatic N) is 4. The second-order valence-electron chi connectivity index (χ2n) is 4.92. The topological polar surface area (TPSA) is 55.6 Å². The fourth-order valence-corrected chi connectivity index (χ4v) is 2.40. The van der Waals surface area contributed by atoms with Gasteiger partial charge in [-0.2, -0.15) is 5.10 Å². The number of hydrogen-bond donors (Lipinski definition) is 1. The molecule has 5 nitrogen and oxygen atoms in total. The van der Waals surface area contributed by atoms with E-state index < -0.39 is 0 Å². The second kappa shape index (κ2) is 7.14. The number of hydrogen-bond acceptors (Lipinski definition) is 4. The van der Waals surface area contributed by atoms with Gasteiger partial charge in [0.15, 0.2) is 0 Å². The van der Waals surface area contributed by atoms with Crippen LogP contribution >= 0.6 is 0 Å². The molecule has 108 valence electrons. The van der Waals surface area contributed by atoms with Crippen molar-refractivity contribution in [2.75, 3.05) is 6.54 Å². The first-order valence-corrected chi connectivity index (χ1v) is 7.27. The van der Waals surface area contributed by atoms with Gasteiger partial charge in [0, 0.05) is 19.2 Å². The highest BCUT2D eigenvalue weighted by atomic mass is 15.3. The van der Waals surface area contributed by atoms with Crippen molar-refractivity contribution in [3.05, 3.63) is 41.7 Å². The van der Waals surface area contributed by atoms with Crippen LogP contribution in [0.5, 0.6) is 0 Å². The van der Waals surface area contributed by atoms with Crippen LogP contribution in [-0.2, 0) is 13.0 Å². The maximum atomic E-state index is 4.53. The third-order valence-corrected chi connectivity index (χ3v) is 3.35. The van der Waals surface area contributed by atoms with Crippen LogP contribution in [0.2, 0.25) is 0 Å². The fourth-order valence-electron chi connectivity index (χ4n) is 2.40. The zero-order chi connectivity index (χ0) is 14.4. The summed E-state index contributed by atoms with van der Waals surface area (Å²) in [5.41, 5.74) is 2.31. The summed E-state index contributed by atoms with van der Waals surface area (Å²) in [6, 6.07) is 4.26. The smallest absolute Gasteiger partial charge is 0.138 e. The molecule has 2 aromatic heterocycles. The molecule has 0 aliphatic rings. The van der Waals surface area contributed by atoms with E-state index in [1.54, 1.807) is 6.33 Å². The number of aromatic nitrogens is 4. The standard InChI is InChI=1S/C15H23N5/c1-4-9-20-14(18-11-19-20)10-13(16-5-2)15-12(3)7-6-8-17-15/h6-8,11,13,16H,4-5,9-10H2,1-3H3. The van der Waals surface area contributed by atoms with E-state index in [1.807, 2.05) is 16.9 Å². The highest BCUT2D eigenvalue weighted by Gasteiger charge is 2.17. The lowest BCUT2D eigenvalue weighted by atomic mass is 10.0. The summed E-state index contributed by atoms with van der Waals surface area (Å²) in [4.78, 5) is 8.93. The Morgan fingerprint density at radius 2 is 2.15 bits per heavy atom. The quantitative estimate of drug-likeness (QED) is 0.841. The summed E-state index contributed by atoms with van der Waals surface area (Å²) >= 11 is 0. The van der Waals surface area contributed by atoms with Crippen molar-refractivity contribution in [2.45, 2.75) is 46.2 Å². The molecule has 20 heavy (non-hydrogen) atoms. The van der Waals surface area contributed by atoms with E-state index in [9.17, 15) is 0 Å². The van der Waals surface area contributed by atoms with Gasteiger partial charge in [0.1, 0.15) is 12.2 Å². The van der Waals surface area contributed by atoms with Gasteiger partial charge in [-0.3, -0.25) is 9.67 Å². The van der Waals surface area contributed by atoms with E-state index in [2.05, 4.69) is 47.2 Å². The van der Waals surface area contributed by atoms with Crippen molar-refractivity contribution < 1.29 is 0 Å². The predicted molar refractivity (Wildman–Crippen MR) is 79.4 cm³/mol. The normalized spacial score (nSPS) is 12.6. The van der Waals surface area contributed by atoms with E-state index in [0.29, 0.717) is 0 Å². The van der Waals surface area contributed by atoms with Gasteiger partial charge in [-0.1, -0.05) is 19.9 Å². The monoisotopic (exact) mass is 273 g/mol. The molecule has 0 bridgehead atoms. The lowest BCUT2D eigenvalue weighted by Gasteiger charge is -2.19. The van der Waals surface area contributed by atoms with Gasteiger partial charge in [0.2, 0.25) is 0 Å². The maximum Gasteiger partial charge on any atom is 0.138 e. The third kappa shape index (κ3) is 3.42. The Balaban J connectivity index is 2.21. The molecule has 1 unspecified atom stereocenters. The summed E-state index contributed by atoms with van der Waals surface area (Å²) in [5.74, 6) is 1.02. The van der Waals surface area contributed by atoms with Gasteiger partial charge >= 0.3 is 0 Å². The van der Waals surface area contributed by atoms with Crippen LogP contribution in [0.3, 0.4) is 0 Å². The molecule has 1 atom stereocenters. The lowest BCUT2D eigenvalue weighted by Crippen LogP contribution is -2.26. The van der Waals surface area contributed by atoms with Crippen LogP contribution in [0.25, 0.3) is 0 Å². The minimum atomic E-state index is 0.181.